The number of rotatable bonds is 5. The molecule has 0 aromatic carbocycles. The molecule has 8 heteroatoms. The van der Waals surface area contributed by atoms with Crippen LogP contribution in [0, 0.1) is 0 Å². The molecular weight excluding hydrogens is 320 g/mol. The number of nitrogens with one attached hydrogen (secondary N) is 1. The Morgan fingerprint density at radius 3 is 2.96 bits per heavy atom. The Hall–Kier alpha value is -1.90. The molecule has 0 saturated carbocycles. The first kappa shape index (κ1) is 16.0. The summed E-state index contributed by atoms with van der Waals surface area (Å²) in [7, 11) is 3.32. The van der Waals surface area contributed by atoms with E-state index in [0.717, 1.165) is 11.1 Å². The number of ether oxygens (including phenoxy) is 2. The number of amides is 1. The van der Waals surface area contributed by atoms with E-state index in [9.17, 15) is 9.59 Å². The number of likely N-dealkylation sites (N-methyl/N-ethyl adjacent to an activating group) is 1. The van der Waals surface area contributed by atoms with Gasteiger partial charge in [0, 0.05) is 32.6 Å². The molecule has 124 valence electrons. The lowest BCUT2D eigenvalue weighted by atomic mass is 10.0. The third-order valence-electron chi connectivity index (χ3n) is 4.19. The van der Waals surface area contributed by atoms with Gasteiger partial charge in [-0.2, -0.15) is 0 Å². The van der Waals surface area contributed by atoms with Crippen molar-refractivity contribution in [3.05, 3.63) is 22.7 Å². The predicted molar refractivity (Wildman–Crippen MR) is 85.3 cm³/mol. The van der Waals surface area contributed by atoms with Crippen LogP contribution in [0.5, 0.6) is 0 Å². The van der Waals surface area contributed by atoms with Crippen molar-refractivity contribution in [2.24, 2.45) is 0 Å². The number of aromatic carboxylic acids is 1. The van der Waals surface area contributed by atoms with Gasteiger partial charge in [0.2, 0.25) is 0 Å². The zero-order chi connectivity index (χ0) is 16.6. The van der Waals surface area contributed by atoms with Crippen molar-refractivity contribution in [2.75, 3.05) is 33.9 Å². The third kappa shape index (κ3) is 2.85. The van der Waals surface area contributed by atoms with Crippen molar-refractivity contribution in [3.63, 3.8) is 0 Å². The number of methoxy groups -OCH3 is 1. The van der Waals surface area contributed by atoms with Crippen LogP contribution in [0.15, 0.2) is 11.4 Å². The van der Waals surface area contributed by atoms with Crippen molar-refractivity contribution in [1.29, 1.82) is 0 Å². The normalized spacial score (nSPS) is 21.0. The Labute approximate surface area is 136 Å². The van der Waals surface area contributed by atoms with Crippen LogP contribution in [-0.4, -0.2) is 66.4 Å². The summed E-state index contributed by atoms with van der Waals surface area (Å²) in [5.41, 5.74) is 0.580. The first-order valence-corrected chi connectivity index (χ1v) is 8.05. The van der Waals surface area contributed by atoms with Gasteiger partial charge in [0.25, 0.3) is 5.91 Å². The Bertz CT molecular complexity index is 744. The van der Waals surface area contributed by atoms with Crippen LogP contribution in [0.1, 0.15) is 27.3 Å². The molecule has 1 aliphatic heterocycles. The second-order valence-electron chi connectivity index (χ2n) is 5.73. The molecule has 1 aliphatic rings. The number of carboxylic acid groups (broad SMARTS) is 1. The summed E-state index contributed by atoms with van der Waals surface area (Å²) in [6, 6.07) is 1.69. The largest absolute Gasteiger partial charge is 0.478 e. The molecule has 7 nitrogen and oxygen atoms in total. The van der Waals surface area contributed by atoms with Crippen molar-refractivity contribution < 1.29 is 24.2 Å². The molecule has 1 unspecified atom stereocenters. The fourth-order valence-electron chi connectivity index (χ4n) is 2.83. The van der Waals surface area contributed by atoms with Gasteiger partial charge in [0.15, 0.2) is 0 Å². The lowest BCUT2D eigenvalue weighted by Crippen LogP contribution is -2.45. The molecule has 23 heavy (non-hydrogen) atoms. The number of carboxylic acids is 1. The highest BCUT2D eigenvalue weighted by Crippen LogP contribution is 2.28. The number of thiophene rings is 1. The van der Waals surface area contributed by atoms with Gasteiger partial charge in [-0.15, -0.1) is 11.3 Å². The van der Waals surface area contributed by atoms with Gasteiger partial charge in [-0.05, 0) is 6.07 Å². The quantitative estimate of drug-likeness (QED) is 0.867. The van der Waals surface area contributed by atoms with Gasteiger partial charge in [-0.3, -0.25) is 4.79 Å². The predicted octanol–water partition coefficient (Wildman–Crippen LogP) is 1.81. The lowest BCUT2D eigenvalue weighted by Gasteiger charge is -2.30. The topological polar surface area (TPSA) is 91.9 Å². The average Bonchev–Trinajstić information content (AvgIpc) is 3.21. The molecule has 1 fully saturated rings. The molecule has 2 aromatic heterocycles. The number of carbonyl (C=O) groups excluding carboxylic acids is 1. The van der Waals surface area contributed by atoms with Crippen LogP contribution < -0.4 is 0 Å². The minimum absolute atomic E-state index is 0.184. The highest BCUT2D eigenvalue weighted by atomic mass is 32.1. The summed E-state index contributed by atoms with van der Waals surface area (Å²) in [4.78, 5) is 28.3. The summed E-state index contributed by atoms with van der Waals surface area (Å²) in [5.74, 6) is -1.21. The van der Waals surface area contributed by atoms with Crippen LogP contribution in [0.25, 0.3) is 10.2 Å². The molecule has 2 aromatic rings. The number of hydrogen-bond donors (Lipinski definition) is 2. The Morgan fingerprint density at radius 2 is 2.35 bits per heavy atom. The molecular formula is C15H18N2O5S. The van der Waals surface area contributed by atoms with E-state index in [4.69, 9.17) is 14.6 Å². The summed E-state index contributed by atoms with van der Waals surface area (Å²) >= 11 is 1.30. The van der Waals surface area contributed by atoms with E-state index >= 15 is 0 Å². The molecule has 1 atom stereocenters. The second kappa shape index (κ2) is 5.95. The monoisotopic (exact) mass is 338 g/mol. The summed E-state index contributed by atoms with van der Waals surface area (Å²) in [6.45, 7) is 1.50. The number of fused-ring (bicyclic) bond motifs is 1. The molecule has 3 rings (SSSR count). The summed E-state index contributed by atoms with van der Waals surface area (Å²) in [5, 5.41) is 10.7. The first-order chi connectivity index (χ1) is 11.0. The fraction of sp³-hybridized carbons (Fsp3) is 0.467. The zero-order valence-electron chi connectivity index (χ0n) is 12.9. The van der Waals surface area contributed by atoms with Crippen molar-refractivity contribution >= 4 is 33.4 Å². The maximum absolute atomic E-state index is 12.6. The van der Waals surface area contributed by atoms with Crippen LogP contribution in [0.3, 0.4) is 0 Å². The number of aromatic nitrogens is 1. The number of carbonyl (C=O) groups is 2. The van der Waals surface area contributed by atoms with Crippen molar-refractivity contribution in [3.8, 4) is 0 Å². The smallest absolute Gasteiger partial charge is 0.338 e. The number of hydrogen-bond acceptors (Lipinski definition) is 5. The van der Waals surface area contributed by atoms with E-state index < -0.39 is 11.6 Å². The summed E-state index contributed by atoms with van der Waals surface area (Å²) in [6.07, 6.45) is 0.740. The average molecular weight is 338 g/mol. The minimum Gasteiger partial charge on any atom is -0.478 e. The summed E-state index contributed by atoms with van der Waals surface area (Å²) < 4.78 is 11.7. The first-order valence-electron chi connectivity index (χ1n) is 7.18. The Kier molecular flexibility index (Phi) is 4.13. The van der Waals surface area contributed by atoms with E-state index in [0.29, 0.717) is 31.0 Å². The number of H-pyrrole nitrogens is 1. The molecule has 0 bridgehead atoms. The van der Waals surface area contributed by atoms with Gasteiger partial charge in [0.05, 0.1) is 28.9 Å². The molecule has 1 saturated heterocycles. The van der Waals surface area contributed by atoms with Crippen LogP contribution in [-0.2, 0) is 9.47 Å². The lowest BCUT2D eigenvalue weighted by molar-refractivity contribution is -0.0331. The van der Waals surface area contributed by atoms with E-state index in [1.165, 1.54) is 11.3 Å². The van der Waals surface area contributed by atoms with Gasteiger partial charge in [-0.25, -0.2) is 4.79 Å². The molecule has 2 N–H and O–H groups in total. The highest BCUT2D eigenvalue weighted by molar-refractivity contribution is 7.17. The fourth-order valence-corrected chi connectivity index (χ4v) is 3.76. The Morgan fingerprint density at radius 1 is 1.57 bits per heavy atom. The number of nitrogens with zero attached hydrogens (tertiary/aromatic N) is 1. The van der Waals surface area contributed by atoms with Crippen LogP contribution >= 0.6 is 11.3 Å². The van der Waals surface area contributed by atoms with Gasteiger partial charge < -0.3 is 24.5 Å². The molecule has 0 spiro atoms. The third-order valence-corrected chi connectivity index (χ3v) is 5.12. The van der Waals surface area contributed by atoms with Gasteiger partial charge >= 0.3 is 5.97 Å². The Balaban J connectivity index is 1.80. The second-order valence-corrected chi connectivity index (χ2v) is 6.64. The van der Waals surface area contributed by atoms with E-state index in [2.05, 4.69) is 4.98 Å². The number of aromatic amines is 1. The van der Waals surface area contributed by atoms with Gasteiger partial charge in [-0.1, -0.05) is 0 Å². The maximum atomic E-state index is 12.6. The highest BCUT2D eigenvalue weighted by Gasteiger charge is 2.37. The van der Waals surface area contributed by atoms with Crippen LogP contribution in [0.2, 0.25) is 0 Å². The van der Waals surface area contributed by atoms with Gasteiger partial charge in [0.1, 0.15) is 11.3 Å². The van der Waals surface area contributed by atoms with Crippen molar-refractivity contribution in [2.45, 2.75) is 12.0 Å². The zero-order valence-corrected chi connectivity index (χ0v) is 13.7. The molecule has 0 radical (unpaired) electrons. The van der Waals surface area contributed by atoms with E-state index in [1.54, 1.807) is 30.5 Å². The van der Waals surface area contributed by atoms with E-state index in [1.807, 2.05) is 0 Å². The molecule has 0 aliphatic carbocycles. The maximum Gasteiger partial charge on any atom is 0.338 e. The standard InChI is InChI=1S/C15H18N2O5S/c1-17(7-15(21-2)3-4-22-8-15)13(18)10-5-11-12(16-10)9(6-23-11)14(19)20/h5-6,16H,3-4,7-8H2,1-2H3,(H,19,20). The SMILES string of the molecule is COC1(CN(C)C(=O)c2cc3scc(C(=O)O)c3[nH]2)CCOC1. The molecule has 1 amide bonds. The minimum atomic E-state index is -1.01. The molecule has 3 heterocycles. The van der Waals surface area contributed by atoms with Crippen molar-refractivity contribution in [1.82, 2.24) is 9.88 Å². The van der Waals surface area contributed by atoms with E-state index in [-0.39, 0.29) is 11.5 Å². The van der Waals surface area contributed by atoms with Crippen LogP contribution in [0.4, 0.5) is 0 Å².